The lowest BCUT2D eigenvalue weighted by molar-refractivity contribution is 0.215. The Balaban J connectivity index is 1.63. The van der Waals surface area contributed by atoms with Crippen molar-refractivity contribution in [1.82, 2.24) is 19.7 Å². The monoisotopic (exact) mass is 416 g/mol. The van der Waals surface area contributed by atoms with Gasteiger partial charge in [0.25, 0.3) is 0 Å². The summed E-state index contributed by atoms with van der Waals surface area (Å²) in [6, 6.07) is 12.8. The minimum Gasteiger partial charge on any atom is -0.410 e. The molecule has 4 rings (SSSR count). The first-order valence-electron chi connectivity index (χ1n) is 9.31. The molecule has 0 unspecified atom stereocenters. The number of nitrogens with one attached hydrogen (secondary N) is 1. The number of aryl methyl sites for hydroxylation is 1. The largest absolute Gasteiger partial charge is 0.417 e. The number of fused-ring (bicyclic) bond motifs is 1. The summed E-state index contributed by atoms with van der Waals surface area (Å²) in [7, 11) is 0. The van der Waals surface area contributed by atoms with E-state index in [-0.39, 0.29) is 11.5 Å². The average Bonchev–Trinajstić information content (AvgIpc) is 3.14. The van der Waals surface area contributed by atoms with Gasteiger partial charge in [-0.15, -0.1) is 12.3 Å². The van der Waals surface area contributed by atoms with E-state index in [0.717, 1.165) is 0 Å². The van der Waals surface area contributed by atoms with Crippen molar-refractivity contribution in [3.05, 3.63) is 60.7 Å². The van der Waals surface area contributed by atoms with Gasteiger partial charge in [0.15, 0.2) is 5.65 Å². The maximum absolute atomic E-state index is 14.8. The number of nitrogen functional groups attached to an aromatic ring is 1. The number of carbonyl (C=O) groups is 1. The number of para-hydroxylation sites is 1. The highest BCUT2D eigenvalue weighted by Gasteiger charge is 2.18. The zero-order chi connectivity index (χ0) is 21.8. The summed E-state index contributed by atoms with van der Waals surface area (Å²) >= 11 is 0. The maximum Gasteiger partial charge on any atom is 0.417 e. The van der Waals surface area contributed by atoms with Gasteiger partial charge in [-0.05, 0) is 24.3 Å². The first-order chi connectivity index (χ1) is 15.1. The fraction of sp³-hybridized carbons (Fsp3) is 0.0909. The molecule has 0 atom stereocenters. The Bertz CT molecular complexity index is 1300. The first-order valence-corrected chi connectivity index (χ1v) is 9.31. The van der Waals surface area contributed by atoms with Crippen molar-refractivity contribution in [1.29, 1.82) is 0 Å². The van der Waals surface area contributed by atoms with Crippen LogP contribution in [0.2, 0.25) is 0 Å². The van der Waals surface area contributed by atoms with Gasteiger partial charge in [-0.25, -0.2) is 23.8 Å². The zero-order valence-electron chi connectivity index (χ0n) is 16.2. The minimum atomic E-state index is -0.806. The molecular formula is C22H17FN6O2. The van der Waals surface area contributed by atoms with E-state index in [2.05, 4.69) is 26.3 Å². The number of amides is 1. The number of hydrogen-bond acceptors (Lipinski definition) is 6. The molecule has 0 bridgehead atoms. The Morgan fingerprint density at radius 1 is 1.23 bits per heavy atom. The van der Waals surface area contributed by atoms with E-state index < -0.39 is 11.9 Å². The van der Waals surface area contributed by atoms with Gasteiger partial charge in [-0.3, -0.25) is 5.32 Å². The molecule has 0 saturated carbocycles. The van der Waals surface area contributed by atoms with E-state index >= 15 is 0 Å². The summed E-state index contributed by atoms with van der Waals surface area (Å²) in [6.45, 7) is 0.427. The molecule has 3 N–H and O–H groups in total. The first kappa shape index (κ1) is 19.8. The number of benzene rings is 2. The number of ether oxygens (including phenoxy) is 1. The predicted octanol–water partition coefficient (Wildman–Crippen LogP) is 3.85. The number of anilines is 2. The van der Waals surface area contributed by atoms with Crippen LogP contribution >= 0.6 is 0 Å². The van der Waals surface area contributed by atoms with Crippen LogP contribution in [0.5, 0.6) is 5.75 Å². The molecule has 8 nitrogen and oxygen atoms in total. The Labute approximate surface area is 176 Å². The van der Waals surface area contributed by atoms with Crippen LogP contribution in [0.15, 0.2) is 54.9 Å². The maximum atomic E-state index is 14.8. The molecule has 0 aliphatic heterocycles. The van der Waals surface area contributed by atoms with Crippen molar-refractivity contribution >= 4 is 28.6 Å². The lowest BCUT2D eigenvalue weighted by atomic mass is 10.1. The average molecular weight is 416 g/mol. The van der Waals surface area contributed by atoms with Gasteiger partial charge in [0.1, 0.15) is 29.4 Å². The third-order valence-electron chi connectivity index (χ3n) is 4.46. The normalized spacial score (nSPS) is 10.6. The van der Waals surface area contributed by atoms with Crippen LogP contribution in [0, 0.1) is 18.2 Å². The van der Waals surface area contributed by atoms with Crippen molar-refractivity contribution < 1.29 is 13.9 Å². The second kappa shape index (κ2) is 8.51. The number of nitrogens with zero attached hydrogens (tertiary/aromatic N) is 4. The number of aromatic nitrogens is 4. The molecule has 0 aliphatic carbocycles. The SMILES string of the molecule is C#CCCn1nc(-c2ccc(NC(=O)Oc3ccccc3)c(F)c2)c2c(N)ncnc21. The van der Waals surface area contributed by atoms with E-state index in [1.54, 1.807) is 41.1 Å². The summed E-state index contributed by atoms with van der Waals surface area (Å²) in [6.07, 6.45) is 6.32. The highest BCUT2D eigenvalue weighted by molar-refractivity contribution is 5.98. The quantitative estimate of drug-likeness (QED) is 0.479. The molecule has 0 fully saturated rings. The van der Waals surface area contributed by atoms with E-state index in [1.807, 2.05) is 0 Å². The molecule has 2 aromatic carbocycles. The van der Waals surface area contributed by atoms with Crippen LogP contribution in [0.1, 0.15) is 6.42 Å². The molecule has 0 spiro atoms. The highest BCUT2D eigenvalue weighted by Crippen LogP contribution is 2.32. The minimum absolute atomic E-state index is 0.0371. The number of carbonyl (C=O) groups excluding carboxylic acids is 1. The Kier molecular flexibility index (Phi) is 5.45. The van der Waals surface area contributed by atoms with Crippen molar-refractivity contribution in [2.75, 3.05) is 11.1 Å². The fourth-order valence-corrected chi connectivity index (χ4v) is 3.05. The van der Waals surface area contributed by atoms with Crippen molar-refractivity contribution in [3.8, 4) is 29.4 Å². The standard InChI is InChI=1S/C22H17FN6O2/c1-2-3-11-29-21-18(20(24)25-13-26-21)19(28-29)14-9-10-17(16(23)12-14)27-22(30)31-15-7-5-4-6-8-15/h1,4-10,12-13H,3,11H2,(H,27,30)(H2,24,25,26). The topological polar surface area (TPSA) is 108 Å². The zero-order valence-corrected chi connectivity index (χ0v) is 16.2. The molecule has 9 heteroatoms. The fourth-order valence-electron chi connectivity index (χ4n) is 3.05. The number of halogens is 1. The van der Waals surface area contributed by atoms with Crippen molar-refractivity contribution in [3.63, 3.8) is 0 Å². The molecule has 1 amide bonds. The van der Waals surface area contributed by atoms with Gasteiger partial charge in [0.2, 0.25) is 0 Å². The van der Waals surface area contributed by atoms with Gasteiger partial charge in [0, 0.05) is 12.0 Å². The van der Waals surface area contributed by atoms with Crippen LogP contribution in [0.4, 0.5) is 20.7 Å². The molecule has 2 aromatic heterocycles. The van der Waals surface area contributed by atoms with Gasteiger partial charge in [0.05, 0.1) is 17.6 Å². The van der Waals surface area contributed by atoms with Crippen LogP contribution in [0.3, 0.4) is 0 Å². The Hall–Kier alpha value is -4.45. The van der Waals surface area contributed by atoms with Crippen LogP contribution in [0.25, 0.3) is 22.3 Å². The molecule has 0 radical (unpaired) electrons. The molecular weight excluding hydrogens is 399 g/mol. The second-order valence-corrected chi connectivity index (χ2v) is 6.51. The van der Waals surface area contributed by atoms with Gasteiger partial charge in [-0.2, -0.15) is 5.10 Å². The van der Waals surface area contributed by atoms with E-state index in [4.69, 9.17) is 16.9 Å². The number of hydrogen-bond donors (Lipinski definition) is 2. The Morgan fingerprint density at radius 2 is 2.03 bits per heavy atom. The molecule has 0 saturated heterocycles. The molecule has 154 valence electrons. The Morgan fingerprint density at radius 3 is 2.77 bits per heavy atom. The summed E-state index contributed by atoms with van der Waals surface area (Å²) < 4.78 is 21.5. The summed E-state index contributed by atoms with van der Waals surface area (Å²) in [5.41, 5.74) is 7.37. The lowest BCUT2D eigenvalue weighted by Crippen LogP contribution is -2.17. The lowest BCUT2D eigenvalue weighted by Gasteiger charge is -2.08. The van der Waals surface area contributed by atoms with Gasteiger partial charge >= 0.3 is 6.09 Å². The second-order valence-electron chi connectivity index (χ2n) is 6.51. The summed E-state index contributed by atoms with van der Waals surface area (Å²) in [4.78, 5) is 20.3. The molecule has 4 aromatic rings. The smallest absolute Gasteiger partial charge is 0.410 e. The van der Waals surface area contributed by atoms with Crippen LogP contribution in [-0.4, -0.2) is 25.8 Å². The third kappa shape index (κ3) is 4.13. The van der Waals surface area contributed by atoms with Crippen molar-refractivity contribution in [2.24, 2.45) is 0 Å². The van der Waals surface area contributed by atoms with Crippen molar-refractivity contribution in [2.45, 2.75) is 13.0 Å². The van der Waals surface area contributed by atoms with Gasteiger partial charge < -0.3 is 10.5 Å². The van der Waals surface area contributed by atoms with E-state index in [1.165, 1.54) is 18.5 Å². The molecule has 2 heterocycles. The summed E-state index contributed by atoms with van der Waals surface area (Å²) in [5, 5.41) is 7.39. The predicted molar refractivity (Wildman–Crippen MR) is 115 cm³/mol. The molecule has 0 aliphatic rings. The number of nitrogens with two attached hydrogens (primary N) is 1. The highest BCUT2D eigenvalue weighted by atomic mass is 19.1. The van der Waals surface area contributed by atoms with E-state index in [9.17, 15) is 9.18 Å². The number of rotatable bonds is 5. The number of terminal acetylenes is 1. The van der Waals surface area contributed by atoms with Gasteiger partial charge in [-0.1, -0.05) is 24.3 Å². The third-order valence-corrected chi connectivity index (χ3v) is 4.46. The van der Waals surface area contributed by atoms with Crippen LogP contribution in [-0.2, 0) is 6.54 Å². The van der Waals surface area contributed by atoms with Crippen LogP contribution < -0.4 is 15.8 Å². The van der Waals surface area contributed by atoms with E-state index in [0.29, 0.717) is 41.0 Å². The molecule has 31 heavy (non-hydrogen) atoms. The summed E-state index contributed by atoms with van der Waals surface area (Å²) in [5.74, 6) is 2.45.